The van der Waals surface area contributed by atoms with Gasteiger partial charge in [0.05, 0.1) is 0 Å². The zero-order chi connectivity index (χ0) is 15.6. The van der Waals surface area contributed by atoms with Gasteiger partial charge in [-0.25, -0.2) is 4.98 Å². The minimum Gasteiger partial charge on any atom is -0.369 e. The molecule has 0 atom stereocenters. The van der Waals surface area contributed by atoms with E-state index in [1.54, 1.807) is 0 Å². The highest BCUT2D eigenvalue weighted by Crippen LogP contribution is 2.24. The first-order chi connectivity index (χ1) is 11.3. The second-order valence-corrected chi connectivity index (χ2v) is 5.62. The third-order valence-electron chi connectivity index (χ3n) is 3.73. The number of pyridine rings is 2. The van der Waals surface area contributed by atoms with E-state index in [0.29, 0.717) is 11.7 Å². The molecule has 4 aromatic rings. The van der Waals surface area contributed by atoms with Gasteiger partial charge < -0.3 is 5.32 Å². The van der Waals surface area contributed by atoms with Crippen LogP contribution in [0.1, 0.15) is 5.82 Å². The van der Waals surface area contributed by atoms with E-state index in [2.05, 4.69) is 20.5 Å². The summed E-state index contributed by atoms with van der Waals surface area (Å²) in [6.45, 7) is 0.701. The predicted octanol–water partition coefficient (Wildman–Crippen LogP) is 3.59. The lowest BCUT2D eigenvalue weighted by atomic mass is 10.1. The molecular weight excluding hydrogens is 310 g/mol. The Bertz CT molecular complexity index is 979. The zero-order valence-electron chi connectivity index (χ0n) is 12.3. The number of aromatic nitrogens is 4. The summed E-state index contributed by atoms with van der Waals surface area (Å²) in [4.78, 5) is 4.39. The van der Waals surface area contributed by atoms with Gasteiger partial charge in [-0.05, 0) is 23.6 Å². The number of nitrogens with zero attached hydrogens (tertiary/aromatic N) is 4. The Hall–Kier alpha value is -2.66. The third-order valence-corrected chi connectivity index (χ3v) is 3.93. The number of halogens is 1. The maximum atomic E-state index is 6.10. The number of benzene rings is 1. The highest BCUT2D eigenvalue weighted by molar-refractivity contribution is 6.30. The summed E-state index contributed by atoms with van der Waals surface area (Å²) in [7, 11) is 0. The van der Waals surface area contributed by atoms with Gasteiger partial charge in [0, 0.05) is 24.5 Å². The molecule has 4 rings (SSSR count). The third kappa shape index (κ3) is 2.71. The number of hydrogen-bond acceptors (Lipinski definition) is 4. The van der Waals surface area contributed by atoms with Crippen LogP contribution in [0.2, 0.25) is 5.15 Å². The fraction of sp³-hybridized carbons (Fsp3) is 0.118. The summed E-state index contributed by atoms with van der Waals surface area (Å²) < 4.78 is 1.99. The van der Waals surface area contributed by atoms with Crippen molar-refractivity contribution in [2.45, 2.75) is 6.42 Å². The maximum absolute atomic E-state index is 6.10. The molecule has 0 saturated heterocycles. The van der Waals surface area contributed by atoms with Crippen LogP contribution in [0.5, 0.6) is 0 Å². The molecule has 0 aliphatic heterocycles. The smallest absolute Gasteiger partial charge is 0.160 e. The molecule has 0 radical (unpaired) electrons. The van der Waals surface area contributed by atoms with Crippen molar-refractivity contribution in [3.8, 4) is 0 Å². The van der Waals surface area contributed by atoms with Crippen LogP contribution in [0.4, 0.5) is 5.82 Å². The summed E-state index contributed by atoms with van der Waals surface area (Å²) in [5.41, 5.74) is 0.855. The van der Waals surface area contributed by atoms with Gasteiger partial charge in [-0.3, -0.25) is 4.40 Å². The van der Waals surface area contributed by atoms with Gasteiger partial charge in [0.1, 0.15) is 16.8 Å². The topological polar surface area (TPSA) is 55.1 Å². The molecule has 23 heavy (non-hydrogen) atoms. The van der Waals surface area contributed by atoms with Crippen LogP contribution in [0.3, 0.4) is 0 Å². The largest absolute Gasteiger partial charge is 0.369 e. The Kier molecular flexibility index (Phi) is 3.55. The molecule has 0 aliphatic rings. The Morgan fingerprint density at radius 2 is 1.91 bits per heavy atom. The first-order valence-electron chi connectivity index (χ1n) is 7.39. The lowest BCUT2D eigenvalue weighted by Gasteiger charge is -2.09. The molecular formula is C17H14ClN5. The van der Waals surface area contributed by atoms with Gasteiger partial charge in [-0.15, -0.1) is 10.2 Å². The van der Waals surface area contributed by atoms with Crippen molar-refractivity contribution in [3.05, 3.63) is 65.7 Å². The van der Waals surface area contributed by atoms with E-state index in [1.165, 1.54) is 0 Å². The van der Waals surface area contributed by atoms with E-state index in [4.69, 9.17) is 11.6 Å². The van der Waals surface area contributed by atoms with E-state index in [0.717, 1.165) is 34.5 Å². The monoisotopic (exact) mass is 323 g/mol. The summed E-state index contributed by atoms with van der Waals surface area (Å²) in [6, 6.07) is 15.8. The van der Waals surface area contributed by atoms with Crippen LogP contribution < -0.4 is 5.32 Å². The first kappa shape index (κ1) is 14.0. The normalized spacial score (nSPS) is 11.2. The van der Waals surface area contributed by atoms with Crippen molar-refractivity contribution in [1.82, 2.24) is 19.6 Å². The van der Waals surface area contributed by atoms with Crippen LogP contribution in [-0.2, 0) is 6.42 Å². The van der Waals surface area contributed by atoms with Gasteiger partial charge in [0.2, 0.25) is 0 Å². The lowest BCUT2D eigenvalue weighted by Crippen LogP contribution is -2.09. The number of hydrogen-bond donors (Lipinski definition) is 1. The molecule has 5 nitrogen and oxygen atoms in total. The van der Waals surface area contributed by atoms with Crippen molar-refractivity contribution < 1.29 is 0 Å². The van der Waals surface area contributed by atoms with Crippen molar-refractivity contribution in [2.75, 3.05) is 11.9 Å². The SMILES string of the molecule is Clc1cc2ccccc2c(NCCc2nnc3ccccn23)n1. The molecule has 0 saturated carbocycles. The van der Waals surface area contributed by atoms with Crippen molar-refractivity contribution >= 4 is 33.8 Å². The lowest BCUT2D eigenvalue weighted by molar-refractivity contribution is 0.869. The second kappa shape index (κ2) is 5.85. The van der Waals surface area contributed by atoms with Gasteiger partial charge in [0.15, 0.2) is 5.65 Å². The molecule has 114 valence electrons. The highest BCUT2D eigenvalue weighted by Gasteiger charge is 2.07. The molecule has 6 heteroatoms. The predicted molar refractivity (Wildman–Crippen MR) is 91.9 cm³/mol. The van der Waals surface area contributed by atoms with Crippen molar-refractivity contribution in [2.24, 2.45) is 0 Å². The summed E-state index contributed by atoms with van der Waals surface area (Å²) in [5, 5.41) is 14.4. The fourth-order valence-electron chi connectivity index (χ4n) is 2.66. The molecule has 0 aliphatic carbocycles. The maximum Gasteiger partial charge on any atom is 0.160 e. The summed E-state index contributed by atoms with van der Waals surface area (Å²) in [6.07, 6.45) is 2.71. The second-order valence-electron chi connectivity index (χ2n) is 5.24. The van der Waals surface area contributed by atoms with Gasteiger partial charge >= 0.3 is 0 Å². The molecule has 1 N–H and O–H groups in total. The van der Waals surface area contributed by atoms with Crippen LogP contribution in [0.25, 0.3) is 16.4 Å². The van der Waals surface area contributed by atoms with E-state index in [9.17, 15) is 0 Å². The van der Waals surface area contributed by atoms with E-state index in [-0.39, 0.29) is 0 Å². The van der Waals surface area contributed by atoms with Gasteiger partial charge in [-0.2, -0.15) is 0 Å². The van der Waals surface area contributed by atoms with Crippen molar-refractivity contribution in [3.63, 3.8) is 0 Å². The number of anilines is 1. The summed E-state index contributed by atoms with van der Waals surface area (Å²) in [5.74, 6) is 1.71. The minimum absolute atomic E-state index is 0.485. The molecule has 0 unspecified atom stereocenters. The van der Waals surface area contributed by atoms with Crippen LogP contribution in [0.15, 0.2) is 54.7 Å². The Balaban J connectivity index is 1.55. The molecule has 3 aromatic heterocycles. The standard InChI is InChI=1S/C17H14ClN5/c18-14-11-12-5-1-2-6-13(12)17(20-14)19-9-8-16-22-21-15-7-3-4-10-23(15)16/h1-7,10-11H,8-9H2,(H,19,20). The van der Waals surface area contributed by atoms with Crippen molar-refractivity contribution in [1.29, 1.82) is 0 Å². The Morgan fingerprint density at radius 1 is 1.04 bits per heavy atom. The number of fused-ring (bicyclic) bond motifs is 2. The van der Waals surface area contributed by atoms with Crippen LogP contribution in [0, 0.1) is 0 Å². The average Bonchev–Trinajstić information content (AvgIpc) is 2.98. The number of nitrogens with one attached hydrogen (secondary N) is 1. The van der Waals surface area contributed by atoms with Gasteiger partial charge in [0.25, 0.3) is 0 Å². The molecule has 0 spiro atoms. The minimum atomic E-state index is 0.485. The fourth-order valence-corrected chi connectivity index (χ4v) is 2.86. The van der Waals surface area contributed by atoms with E-state index >= 15 is 0 Å². The number of rotatable bonds is 4. The highest BCUT2D eigenvalue weighted by atomic mass is 35.5. The van der Waals surface area contributed by atoms with Gasteiger partial charge in [-0.1, -0.05) is 41.9 Å². The average molecular weight is 324 g/mol. The molecule has 0 fully saturated rings. The van der Waals surface area contributed by atoms with Crippen LogP contribution in [-0.4, -0.2) is 26.1 Å². The Morgan fingerprint density at radius 3 is 2.87 bits per heavy atom. The quantitative estimate of drug-likeness (QED) is 0.583. The van der Waals surface area contributed by atoms with Crippen LogP contribution >= 0.6 is 11.6 Å². The molecule has 3 heterocycles. The molecule has 1 aromatic carbocycles. The molecule has 0 amide bonds. The summed E-state index contributed by atoms with van der Waals surface area (Å²) >= 11 is 6.10. The molecule has 0 bridgehead atoms. The first-order valence-corrected chi connectivity index (χ1v) is 7.77. The van der Waals surface area contributed by atoms with E-state index in [1.807, 2.05) is 59.1 Å². The van der Waals surface area contributed by atoms with E-state index < -0.39 is 0 Å². The Labute approximate surface area is 137 Å². The zero-order valence-corrected chi connectivity index (χ0v) is 13.0.